The average Bonchev–Trinajstić information content (AvgIpc) is 3.81. The Kier molecular flexibility index (Phi) is 16.9. The smallest absolute Gasteiger partial charge is 0.249 e. The van der Waals surface area contributed by atoms with E-state index in [0.29, 0.717) is 11.3 Å². The summed E-state index contributed by atoms with van der Waals surface area (Å²) >= 11 is 0. The Bertz CT molecular complexity index is 1990. The maximum atomic E-state index is 13.2. The quantitative estimate of drug-likeness (QED) is 0.0452. The molecule has 24 heteroatoms. The number of aliphatic hydroxyl groups excluding tert-OH is 5. The minimum absolute atomic E-state index is 0.0515. The number of aromatic nitrogens is 4. The molecular formula is C38H54N10O14. The third-order valence-electron chi connectivity index (χ3n) is 10.2. The van der Waals surface area contributed by atoms with Gasteiger partial charge in [0.15, 0.2) is 29.5 Å². The zero-order valence-electron chi connectivity index (χ0n) is 34.2. The minimum atomic E-state index is -1.51. The van der Waals surface area contributed by atoms with Gasteiger partial charge in [0.05, 0.1) is 26.1 Å². The molecule has 62 heavy (non-hydrogen) atoms. The lowest BCUT2D eigenvalue weighted by Crippen LogP contribution is -2.66. The first-order chi connectivity index (χ1) is 29.6. The summed E-state index contributed by atoms with van der Waals surface area (Å²) in [6, 6.07) is 5.42. The Hall–Kier alpha value is -5.44. The van der Waals surface area contributed by atoms with Crippen LogP contribution in [-0.2, 0) is 49.5 Å². The molecule has 2 aromatic heterocycles. The molecule has 0 radical (unpaired) electrons. The number of anilines is 1. The number of hydrogen-bond acceptors (Lipinski definition) is 18. The van der Waals surface area contributed by atoms with Gasteiger partial charge in [-0.15, -0.1) is 0 Å². The third-order valence-corrected chi connectivity index (χ3v) is 10.2. The summed E-state index contributed by atoms with van der Waals surface area (Å²) in [6.07, 6.45) is -9.03. The Balaban J connectivity index is 1.08. The molecule has 0 unspecified atom stereocenters. The Morgan fingerprint density at radius 1 is 0.903 bits per heavy atom. The summed E-state index contributed by atoms with van der Waals surface area (Å²) in [5.41, 5.74) is 6.89. The monoisotopic (exact) mass is 874 g/mol. The van der Waals surface area contributed by atoms with Crippen molar-refractivity contribution in [3.63, 3.8) is 0 Å². The number of primary amides is 1. The van der Waals surface area contributed by atoms with Crippen LogP contribution in [0, 0.1) is 0 Å². The van der Waals surface area contributed by atoms with Gasteiger partial charge in [0.1, 0.15) is 67.2 Å². The van der Waals surface area contributed by atoms with Crippen LogP contribution in [-0.4, -0.2) is 168 Å². The lowest BCUT2D eigenvalue weighted by Gasteiger charge is -2.44. The number of nitrogens with two attached hydrogens (primary N) is 1. The van der Waals surface area contributed by atoms with Gasteiger partial charge in [0, 0.05) is 26.4 Å². The van der Waals surface area contributed by atoms with Crippen LogP contribution in [0.15, 0.2) is 43.0 Å². The van der Waals surface area contributed by atoms with Crippen LogP contribution < -0.4 is 32.3 Å². The van der Waals surface area contributed by atoms with Crippen molar-refractivity contribution in [2.24, 2.45) is 5.73 Å². The number of amides is 5. The molecule has 340 valence electrons. The van der Waals surface area contributed by atoms with E-state index in [1.807, 2.05) is 6.07 Å². The van der Waals surface area contributed by atoms with Crippen molar-refractivity contribution in [2.45, 2.75) is 114 Å². The molecule has 5 rings (SSSR count). The molecule has 1 aromatic carbocycles. The molecule has 5 amide bonds. The molecule has 2 aliphatic heterocycles. The number of benzene rings is 1. The Morgan fingerprint density at radius 2 is 1.61 bits per heavy atom. The molecule has 4 heterocycles. The normalized spacial score (nSPS) is 26.2. The van der Waals surface area contributed by atoms with Gasteiger partial charge >= 0.3 is 0 Å². The lowest BCUT2D eigenvalue weighted by atomic mass is 9.96. The standard InChI is InChI=1S/C38H54N10O14/c1-18(45-36(58)19(2)60-31-26(46-20(3)51)38(62-24(14-50)29(31)54)59-15-21-7-5-4-6-8-21)35(57)47-22(32(39)56)9-10-25(52)40-11-12-41-33-27-34(43-16-42-33)48(17-44-27)37-30(55)28(53)23(13-49)61-37/h4-8,16-19,22-24,26,28-31,37-38,49-50,53-55H,9-15H2,1-3H3,(H2,39,56)(H,40,52)(H,45,58)(H,46,51)(H,47,57)(H,41,42,43)/t18-,19-,22-,23-,24-,26-,28-,29-,30-,31-,37-,38+/m1/s1. The number of imidazole rings is 1. The number of rotatable bonds is 21. The van der Waals surface area contributed by atoms with E-state index in [1.54, 1.807) is 24.3 Å². The van der Waals surface area contributed by atoms with Crippen molar-refractivity contribution in [2.75, 3.05) is 31.6 Å². The number of nitrogens with zero attached hydrogens (tertiary/aromatic N) is 4. The maximum Gasteiger partial charge on any atom is 0.249 e. The van der Waals surface area contributed by atoms with Gasteiger partial charge in [-0.05, 0) is 25.8 Å². The molecule has 12 N–H and O–H groups in total. The van der Waals surface area contributed by atoms with E-state index < -0.39 is 116 Å². The molecule has 0 spiro atoms. The van der Waals surface area contributed by atoms with Gasteiger partial charge in [-0.2, -0.15) is 0 Å². The second-order valence-corrected chi connectivity index (χ2v) is 14.8. The van der Waals surface area contributed by atoms with Crippen LogP contribution in [0.1, 0.15) is 45.4 Å². The molecule has 0 bridgehead atoms. The van der Waals surface area contributed by atoms with Gasteiger partial charge in [-0.25, -0.2) is 15.0 Å². The topological polar surface area (TPSA) is 353 Å². The SMILES string of the molecule is CC(=O)N[C@H]1[C@@H](OCc2ccccc2)O[C@H](CO)[C@@H](O)[C@@H]1O[C@H](C)C(=O)N[C@H](C)C(=O)N[C@H](CCC(=O)NCCNc1ncnc2c1ncn2[C@@H]1O[C@H](CO)[C@@H](O)[C@H]1O)C(N)=O. The summed E-state index contributed by atoms with van der Waals surface area (Å²) in [4.78, 5) is 76.0. The number of ether oxygens (including phenoxy) is 4. The zero-order chi connectivity index (χ0) is 45.1. The molecule has 12 atom stereocenters. The highest BCUT2D eigenvalue weighted by molar-refractivity contribution is 5.92. The van der Waals surface area contributed by atoms with Crippen molar-refractivity contribution in [1.82, 2.24) is 40.8 Å². The van der Waals surface area contributed by atoms with Gasteiger partial charge in [0.25, 0.3) is 0 Å². The summed E-state index contributed by atoms with van der Waals surface area (Å²) in [6.45, 7) is 3.13. The second-order valence-electron chi connectivity index (χ2n) is 14.8. The number of fused-ring (bicyclic) bond motifs is 1. The van der Waals surface area contributed by atoms with E-state index in [-0.39, 0.29) is 38.2 Å². The van der Waals surface area contributed by atoms with E-state index >= 15 is 0 Å². The summed E-state index contributed by atoms with van der Waals surface area (Å²) in [5, 5.41) is 64.2. The van der Waals surface area contributed by atoms with Crippen LogP contribution in [0.25, 0.3) is 11.2 Å². The second kappa shape index (κ2) is 22.1. The average molecular weight is 875 g/mol. The van der Waals surface area contributed by atoms with Crippen molar-refractivity contribution >= 4 is 46.5 Å². The number of carbonyl (C=O) groups is 5. The number of carbonyl (C=O) groups excluding carboxylic acids is 5. The molecule has 24 nitrogen and oxygen atoms in total. The summed E-state index contributed by atoms with van der Waals surface area (Å²) in [5.74, 6) is -3.20. The maximum absolute atomic E-state index is 13.2. The van der Waals surface area contributed by atoms with Gasteiger partial charge in [0.2, 0.25) is 29.5 Å². The van der Waals surface area contributed by atoms with Crippen LogP contribution in [0.4, 0.5) is 5.82 Å². The fourth-order valence-corrected chi connectivity index (χ4v) is 6.81. The first-order valence-electron chi connectivity index (χ1n) is 19.9. The molecule has 0 saturated carbocycles. The van der Waals surface area contributed by atoms with Crippen molar-refractivity contribution in [3.8, 4) is 0 Å². The van der Waals surface area contributed by atoms with E-state index in [0.717, 1.165) is 5.56 Å². The zero-order valence-corrected chi connectivity index (χ0v) is 34.2. The van der Waals surface area contributed by atoms with Crippen LogP contribution >= 0.6 is 0 Å². The van der Waals surface area contributed by atoms with Gasteiger partial charge < -0.3 is 76.8 Å². The first kappa shape index (κ1) is 47.6. The van der Waals surface area contributed by atoms with Crippen molar-refractivity contribution in [1.29, 1.82) is 0 Å². The molecular weight excluding hydrogens is 820 g/mol. The predicted octanol–water partition coefficient (Wildman–Crippen LogP) is -4.21. The predicted molar refractivity (Wildman–Crippen MR) is 213 cm³/mol. The van der Waals surface area contributed by atoms with E-state index in [9.17, 15) is 49.5 Å². The lowest BCUT2D eigenvalue weighted by molar-refractivity contribution is -0.283. The van der Waals surface area contributed by atoms with Crippen molar-refractivity contribution in [3.05, 3.63) is 48.5 Å². The van der Waals surface area contributed by atoms with Crippen molar-refractivity contribution < 1.29 is 68.5 Å². The van der Waals surface area contributed by atoms with E-state index in [4.69, 9.17) is 24.7 Å². The van der Waals surface area contributed by atoms with E-state index in [1.165, 1.54) is 38.0 Å². The first-order valence-corrected chi connectivity index (χ1v) is 19.9. The minimum Gasteiger partial charge on any atom is -0.394 e. The highest BCUT2D eigenvalue weighted by Crippen LogP contribution is 2.32. The molecule has 0 aliphatic carbocycles. The highest BCUT2D eigenvalue weighted by Gasteiger charge is 2.48. The van der Waals surface area contributed by atoms with Crippen LogP contribution in [0.2, 0.25) is 0 Å². The van der Waals surface area contributed by atoms with Gasteiger partial charge in [-0.1, -0.05) is 30.3 Å². The summed E-state index contributed by atoms with van der Waals surface area (Å²) < 4.78 is 24.6. The van der Waals surface area contributed by atoms with Crippen LogP contribution in [0.5, 0.6) is 0 Å². The molecule has 2 aliphatic rings. The third kappa shape index (κ3) is 11.9. The Morgan fingerprint density at radius 3 is 2.27 bits per heavy atom. The largest absolute Gasteiger partial charge is 0.394 e. The van der Waals surface area contributed by atoms with E-state index in [2.05, 4.69) is 41.5 Å². The fourth-order valence-electron chi connectivity index (χ4n) is 6.81. The number of aliphatic hydroxyl groups is 5. The summed E-state index contributed by atoms with van der Waals surface area (Å²) in [7, 11) is 0. The Labute approximate surface area is 354 Å². The molecule has 2 fully saturated rings. The highest BCUT2D eigenvalue weighted by atomic mass is 16.7. The molecule has 2 saturated heterocycles. The number of nitrogens with one attached hydrogen (secondary N) is 5. The van der Waals surface area contributed by atoms with Crippen LogP contribution in [0.3, 0.4) is 0 Å². The fraction of sp³-hybridized carbons (Fsp3) is 0.579. The molecule has 3 aromatic rings. The number of hydrogen-bond donors (Lipinski definition) is 11. The van der Waals surface area contributed by atoms with Gasteiger partial charge in [-0.3, -0.25) is 28.5 Å².